The van der Waals surface area contributed by atoms with E-state index in [0.717, 1.165) is 11.1 Å². The van der Waals surface area contributed by atoms with Gasteiger partial charge in [0.2, 0.25) is 0 Å². The van der Waals surface area contributed by atoms with Crippen molar-refractivity contribution in [2.24, 2.45) is 0 Å². The molecule has 0 aliphatic carbocycles. The number of hydrogen-bond donors (Lipinski definition) is 1. The maximum Gasteiger partial charge on any atom is 0.336 e. The molecule has 132 valence electrons. The van der Waals surface area contributed by atoms with Gasteiger partial charge < -0.3 is 5.11 Å². The number of aliphatic carboxylic acids is 1. The summed E-state index contributed by atoms with van der Waals surface area (Å²) in [6, 6.07) is 15.9. The zero-order valence-corrected chi connectivity index (χ0v) is 16.1. The van der Waals surface area contributed by atoms with E-state index in [1.165, 1.54) is 11.1 Å². The molecule has 0 aliphatic heterocycles. The van der Waals surface area contributed by atoms with E-state index in [1.54, 1.807) is 6.08 Å². The van der Waals surface area contributed by atoms with Crippen molar-refractivity contribution in [1.29, 1.82) is 0 Å². The molecule has 0 radical (unpaired) electrons. The minimum Gasteiger partial charge on any atom is -0.478 e. The van der Waals surface area contributed by atoms with Gasteiger partial charge in [-0.05, 0) is 39.2 Å². The second-order valence-electron chi connectivity index (χ2n) is 8.56. The van der Waals surface area contributed by atoms with E-state index in [-0.39, 0.29) is 10.8 Å². The molecule has 0 fully saturated rings. The first kappa shape index (κ1) is 19.0. The van der Waals surface area contributed by atoms with Crippen molar-refractivity contribution in [2.75, 3.05) is 0 Å². The van der Waals surface area contributed by atoms with Crippen molar-refractivity contribution in [2.45, 2.75) is 52.4 Å². The quantitative estimate of drug-likeness (QED) is 0.559. The highest BCUT2D eigenvalue weighted by atomic mass is 16.4. The number of carbonyl (C=O) groups is 1. The molecule has 0 heterocycles. The normalized spacial score (nSPS) is 13.0. The summed E-state index contributed by atoms with van der Waals surface area (Å²) < 4.78 is 0. The van der Waals surface area contributed by atoms with Gasteiger partial charge in [-0.1, -0.05) is 90.1 Å². The van der Waals surface area contributed by atoms with Crippen LogP contribution in [0, 0.1) is 0 Å². The van der Waals surface area contributed by atoms with E-state index in [4.69, 9.17) is 0 Å². The molecule has 1 N–H and O–H groups in total. The Morgan fingerprint density at radius 3 is 1.52 bits per heavy atom. The first-order valence-electron chi connectivity index (χ1n) is 8.65. The van der Waals surface area contributed by atoms with Gasteiger partial charge in [0.05, 0.1) is 5.57 Å². The van der Waals surface area contributed by atoms with Gasteiger partial charge in [-0.2, -0.15) is 0 Å². The van der Waals surface area contributed by atoms with Crippen molar-refractivity contribution in [3.63, 3.8) is 0 Å². The van der Waals surface area contributed by atoms with Crippen LogP contribution in [-0.2, 0) is 15.6 Å². The molecule has 2 aromatic rings. The molecule has 0 aliphatic rings. The fourth-order valence-corrected chi connectivity index (χ4v) is 2.66. The van der Waals surface area contributed by atoms with Crippen molar-refractivity contribution >= 4 is 17.6 Å². The summed E-state index contributed by atoms with van der Waals surface area (Å²) in [6.07, 6.45) is 1.74. The number of rotatable bonds is 3. The van der Waals surface area contributed by atoms with E-state index in [9.17, 15) is 9.90 Å². The molecule has 0 saturated carbocycles. The third kappa shape index (κ3) is 4.82. The molecule has 0 unspecified atom stereocenters. The molecule has 0 saturated heterocycles. The minimum atomic E-state index is -0.914. The minimum absolute atomic E-state index is 0.0500. The highest BCUT2D eigenvalue weighted by Crippen LogP contribution is 2.27. The Balaban J connectivity index is 2.38. The van der Waals surface area contributed by atoms with E-state index in [0.29, 0.717) is 5.57 Å². The lowest BCUT2D eigenvalue weighted by Crippen LogP contribution is -2.11. The smallest absolute Gasteiger partial charge is 0.336 e. The molecule has 2 heteroatoms. The molecule has 0 atom stereocenters. The van der Waals surface area contributed by atoms with Crippen LogP contribution in [0.3, 0.4) is 0 Å². The van der Waals surface area contributed by atoms with Crippen LogP contribution in [0.15, 0.2) is 48.5 Å². The average Bonchev–Trinajstić information content (AvgIpc) is 2.51. The van der Waals surface area contributed by atoms with Crippen LogP contribution < -0.4 is 0 Å². The van der Waals surface area contributed by atoms with Gasteiger partial charge in [0.15, 0.2) is 0 Å². The number of hydrogen-bond acceptors (Lipinski definition) is 1. The van der Waals surface area contributed by atoms with Crippen molar-refractivity contribution in [1.82, 2.24) is 0 Å². The second kappa shape index (κ2) is 6.87. The van der Waals surface area contributed by atoms with Crippen LogP contribution in [-0.4, -0.2) is 11.1 Å². The van der Waals surface area contributed by atoms with E-state index < -0.39 is 5.97 Å². The van der Waals surface area contributed by atoms with E-state index in [1.807, 2.05) is 36.4 Å². The molecule has 0 amide bonds. The summed E-state index contributed by atoms with van der Waals surface area (Å²) in [7, 11) is 0. The summed E-state index contributed by atoms with van der Waals surface area (Å²) >= 11 is 0. The Morgan fingerprint density at radius 1 is 0.760 bits per heavy atom. The largest absolute Gasteiger partial charge is 0.478 e. The van der Waals surface area contributed by atoms with Crippen LogP contribution in [0.1, 0.15) is 63.8 Å². The average molecular weight is 336 g/mol. The number of carboxylic acid groups (broad SMARTS) is 1. The van der Waals surface area contributed by atoms with Gasteiger partial charge in [-0.25, -0.2) is 4.79 Å². The van der Waals surface area contributed by atoms with Crippen molar-refractivity contribution in [3.05, 3.63) is 70.8 Å². The zero-order valence-electron chi connectivity index (χ0n) is 16.1. The predicted molar refractivity (Wildman–Crippen MR) is 106 cm³/mol. The maximum atomic E-state index is 11.7. The van der Waals surface area contributed by atoms with Gasteiger partial charge in [-0.15, -0.1) is 0 Å². The molecule has 0 bridgehead atoms. The lowest BCUT2D eigenvalue weighted by atomic mass is 9.85. The van der Waals surface area contributed by atoms with Gasteiger partial charge >= 0.3 is 5.97 Å². The fraction of sp³-hybridized carbons (Fsp3) is 0.348. The van der Waals surface area contributed by atoms with Gasteiger partial charge in [0.1, 0.15) is 0 Å². The first-order chi connectivity index (χ1) is 11.5. The zero-order chi connectivity index (χ0) is 18.8. The standard InChI is InChI=1S/C23H28O2/c1-22(2,3)18-11-7-16(8-12-18)15-20(21(24)25)17-9-13-19(14-10-17)23(4,5)6/h7-15H,1-6H3,(H,24,25)/b20-15+. The fourth-order valence-electron chi connectivity index (χ4n) is 2.66. The topological polar surface area (TPSA) is 37.3 Å². The molecule has 25 heavy (non-hydrogen) atoms. The highest BCUT2D eigenvalue weighted by molar-refractivity contribution is 6.20. The highest BCUT2D eigenvalue weighted by Gasteiger charge is 2.16. The Bertz CT molecular complexity index is 765. The van der Waals surface area contributed by atoms with Gasteiger partial charge in [-0.3, -0.25) is 0 Å². The van der Waals surface area contributed by atoms with Crippen LogP contribution in [0.2, 0.25) is 0 Å². The second-order valence-corrected chi connectivity index (χ2v) is 8.56. The molecular weight excluding hydrogens is 308 g/mol. The Morgan fingerprint density at radius 2 is 1.16 bits per heavy atom. The summed E-state index contributed by atoms with van der Waals surface area (Å²) in [5.74, 6) is -0.914. The Kier molecular flexibility index (Phi) is 5.22. The molecule has 2 aromatic carbocycles. The maximum absolute atomic E-state index is 11.7. The van der Waals surface area contributed by atoms with Crippen LogP contribution >= 0.6 is 0 Å². The number of carboxylic acids is 1. The summed E-state index contributed by atoms with van der Waals surface area (Å²) in [4.78, 5) is 11.7. The molecule has 2 rings (SSSR count). The van der Waals surface area contributed by atoms with E-state index >= 15 is 0 Å². The molecular formula is C23H28O2. The SMILES string of the molecule is CC(C)(C)c1ccc(/C=C(/C(=O)O)c2ccc(C(C)(C)C)cc2)cc1. The Hall–Kier alpha value is -2.35. The number of benzene rings is 2. The third-order valence-electron chi connectivity index (χ3n) is 4.38. The molecule has 2 nitrogen and oxygen atoms in total. The molecule has 0 aromatic heterocycles. The monoisotopic (exact) mass is 336 g/mol. The van der Waals surface area contributed by atoms with Crippen LogP contribution in [0.25, 0.3) is 11.6 Å². The van der Waals surface area contributed by atoms with Crippen molar-refractivity contribution < 1.29 is 9.90 Å². The first-order valence-corrected chi connectivity index (χ1v) is 8.65. The van der Waals surface area contributed by atoms with E-state index in [2.05, 4.69) is 53.7 Å². The lowest BCUT2D eigenvalue weighted by molar-refractivity contribution is -0.130. The third-order valence-corrected chi connectivity index (χ3v) is 4.38. The summed E-state index contributed by atoms with van der Waals surface area (Å²) in [5.41, 5.74) is 4.48. The van der Waals surface area contributed by atoms with Gasteiger partial charge in [0, 0.05) is 0 Å². The predicted octanol–water partition coefficient (Wildman–Crippen LogP) is 5.91. The van der Waals surface area contributed by atoms with Gasteiger partial charge in [0.25, 0.3) is 0 Å². The summed E-state index contributed by atoms with van der Waals surface area (Å²) in [5, 5.41) is 9.63. The molecule has 0 spiro atoms. The van der Waals surface area contributed by atoms with Crippen LogP contribution in [0.4, 0.5) is 0 Å². The Labute approximate surface area is 151 Å². The lowest BCUT2D eigenvalue weighted by Gasteiger charge is -2.19. The van der Waals surface area contributed by atoms with Crippen molar-refractivity contribution in [3.8, 4) is 0 Å². The van der Waals surface area contributed by atoms with Crippen LogP contribution in [0.5, 0.6) is 0 Å². The summed E-state index contributed by atoms with van der Waals surface area (Å²) in [6.45, 7) is 12.9.